The molecule has 144 valence electrons. The summed E-state index contributed by atoms with van der Waals surface area (Å²) in [5.74, 6) is 1.49. The van der Waals surface area contributed by atoms with Crippen molar-refractivity contribution >= 4 is 22.3 Å². The Balaban J connectivity index is 1.47. The Morgan fingerprint density at radius 1 is 1.10 bits per heavy atom. The van der Waals surface area contributed by atoms with Gasteiger partial charge in [-0.3, -0.25) is 15.2 Å². The second-order valence-corrected chi connectivity index (χ2v) is 7.08. The summed E-state index contributed by atoms with van der Waals surface area (Å²) in [4.78, 5) is 20.9. The van der Waals surface area contributed by atoms with Crippen molar-refractivity contribution in [2.75, 3.05) is 7.11 Å². The number of rotatable bonds is 3. The molecule has 0 bridgehead atoms. The maximum Gasteiger partial charge on any atom is 0.193 e. The second-order valence-electron chi connectivity index (χ2n) is 7.08. The van der Waals surface area contributed by atoms with Crippen LogP contribution in [0.1, 0.15) is 16.8 Å². The molecule has 2 N–H and O–H groups in total. The van der Waals surface area contributed by atoms with Crippen molar-refractivity contribution in [2.24, 2.45) is 4.99 Å². The number of H-pyrrole nitrogens is 1. The van der Waals surface area contributed by atoms with Gasteiger partial charge in [0, 0.05) is 22.7 Å². The van der Waals surface area contributed by atoms with Gasteiger partial charge in [-0.25, -0.2) is 4.99 Å². The number of aliphatic imine (C=N–C) groups is 1. The molecule has 5 rings (SSSR count). The number of ether oxygens (including phenoxy) is 1. The van der Waals surface area contributed by atoms with Crippen molar-refractivity contribution < 1.29 is 4.74 Å². The summed E-state index contributed by atoms with van der Waals surface area (Å²) in [6.45, 7) is 1.83. The third kappa shape index (κ3) is 2.89. The molecular weight excluding hydrogens is 364 g/mol. The fourth-order valence-electron chi connectivity index (χ4n) is 3.68. The van der Waals surface area contributed by atoms with E-state index < -0.39 is 0 Å². The number of aromatic amines is 1. The third-order valence-electron chi connectivity index (χ3n) is 5.31. The van der Waals surface area contributed by atoms with E-state index in [1.807, 2.05) is 72.7 Å². The van der Waals surface area contributed by atoms with E-state index >= 15 is 0 Å². The highest BCUT2D eigenvalue weighted by Crippen LogP contribution is 2.26. The monoisotopic (exact) mass is 384 g/mol. The molecular formula is C23H20N4O2. The van der Waals surface area contributed by atoms with Crippen LogP contribution in [-0.4, -0.2) is 29.1 Å². The van der Waals surface area contributed by atoms with Crippen molar-refractivity contribution in [3.05, 3.63) is 93.9 Å². The van der Waals surface area contributed by atoms with Crippen molar-refractivity contribution in [1.82, 2.24) is 15.4 Å². The quantitative estimate of drug-likeness (QED) is 0.727. The summed E-state index contributed by atoms with van der Waals surface area (Å²) in [5, 5.41) is 2.63. The average Bonchev–Trinajstić information content (AvgIpc) is 3.19. The second kappa shape index (κ2) is 6.67. The zero-order valence-corrected chi connectivity index (χ0v) is 16.1. The lowest BCUT2D eigenvalue weighted by molar-refractivity contribution is 0.316. The van der Waals surface area contributed by atoms with Crippen LogP contribution in [0.3, 0.4) is 0 Å². The Labute approximate surface area is 167 Å². The molecule has 2 aliphatic rings. The number of pyridine rings is 1. The fraction of sp³-hybridized carbons (Fsp3) is 0.130. The molecule has 3 aromatic rings. The van der Waals surface area contributed by atoms with Crippen molar-refractivity contribution in [2.45, 2.75) is 13.1 Å². The van der Waals surface area contributed by atoms with Crippen molar-refractivity contribution in [3.8, 4) is 5.75 Å². The number of hydrazine groups is 1. The first-order chi connectivity index (χ1) is 14.1. The van der Waals surface area contributed by atoms with Gasteiger partial charge < -0.3 is 9.72 Å². The summed E-state index contributed by atoms with van der Waals surface area (Å²) in [6, 6.07) is 15.5. The standard InChI is InChI=1S/C23H20N4O2/c1-14-21(24-19-6-4-3-5-18(19)22(14)28)23-25-20-12-9-16(13-27(20)26-23)15-7-10-17(29-2)11-8-15/h3-13,20H,1-2H3,(H,24,28)(H,25,26). The largest absolute Gasteiger partial charge is 0.497 e. The number of fused-ring (bicyclic) bond motifs is 2. The van der Waals surface area contributed by atoms with Gasteiger partial charge >= 0.3 is 0 Å². The molecule has 0 fully saturated rings. The number of aromatic nitrogens is 1. The zero-order chi connectivity index (χ0) is 20.0. The van der Waals surface area contributed by atoms with Gasteiger partial charge in [-0.1, -0.05) is 30.3 Å². The third-order valence-corrected chi connectivity index (χ3v) is 5.31. The molecule has 3 heterocycles. The molecule has 0 saturated carbocycles. The van der Waals surface area contributed by atoms with E-state index in [4.69, 9.17) is 9.73 Å². The smallest absolute Gasteiger partial charge is 0.193 e. The van der Waals surface area contributed by atoms with Gasteiger partial charge in [-0.2, -0.15) is 0 Å². The topological polar surface area (TPSA) is 69.7 Å². The van der Waals surface area contributed by atoms with E-state index in [0.717, 1.165) is 28.1 Å². The molecule has 1 aromatic heterocycles. The lowest BCUT2D eigenvalue weighted by atomic mass is 10.0. The number of nitrogens with zero attached hydrogens (tertiary/aromatic N) is 2. The van der Waals surface area contributed by atoms with E-state index in [1.54, 1.807) is 7.11 Å². The predicted molar refractivity (Wildman–Crippen MR) is 115 cm³/mol. The van der Waals surface area contributed by atoms with E-state index in [2.05, 4.69) is 16.5 Å². The molecule has 1 atom stereocenters. The highest BCUT2D eigenvalue weighted by Gasteiger charge is 2.27. The molecule has 1 unspecified atom stereocenters. The summed E-state index contributed by atoms with van der Waals surface area (Å²) in [7, 11) is 1.66. The molecule has 0 amide bonds. The maximum atomic E-state index is 12.8. The van der Waals surface area contributed by atoms with Gasteiger partial charge in [0.2, 0.25) is 0 Å². The van der Waals surface area contributed by atoms with Crippen molar-refractivity contribution in [1.29, 1.82) is 0 Å². The van der Waals surface area contributed by atoms with Crippen molar-refractivity contribution in [3.63, 3.8) is 0 Å². The van der Waals surface area contributed by atoms with Crippen LogP contribution < -0.4 is 15.6 Å². The Bertz CT molecular complexity index is 1250. The van der Waals surface area contributed by atoms with E-state index in [-0.39, 0.29) is 11.6 Å². The Hall–Kier alpha value is -3.80. The van der Waals surface area contributed by atoms with Gasteiger partial charge in [0.25, 0.3) is 0 Å². The van der Waals surface area contributed by atoms with Crippen LogP contribution in [-0.2, 0) is 0 Å². The van der Waals surface area contributed by atoms with Crippen LogP contribution in [0.15, 0.2) is 76.7 Å². The molecule has 0 spiro atoms. The predicted octanol–water partition coefficient (Wildman–Crippen LogP) is 3.35. The molecule has 2 aliphatic heterocycles. The lowest BCUT2D eigenvalue weighted by Gasteiger charge is -2.24. The van der Waals surface area contributed by atoms with E-state index in [1.165, 1.54) is 0 Å². The van der Waals surface area contributed by atoms with Crippen LogP contribution in [0.5, 0.6) is 5.75 Å². The number of hydrogen-bond donors (Lipinski definition) is 2. The number of nitrogens with one attached hydrogen (secondary N) is 2. The summed E-state index contributed by atoms with van der Waals surface area (Å²) in [6.07, 6.45) is 5.97. The normalized spacial score (nSPS) is 17.6. The fourth-order valence-corrected chi connectivity index (χ4v) is 3.68. The lowest BCUT2D eigenvalue weighted by Crippen LogP contribution is -2.38. The van der Waals surface area contributed by atoms with Crippen LogP contribution in [0.2, 0.25) is 0 Å². The minimum absolute atomic E-state index is 0.0220. The van der Waals surface area contributed by atoms with Crippen LogP contribution in [0.4, 0.5) is 0 Å². The molecule has 29 heavy (non-hydrogen) atoms. The number of allylic oxidation sites excluding steroid dienone is 2. The molecule has 0 aliphatic carbocycles. The van der Waals surface area contributed by atoms with Gasteiger partial charge in [-0.15, -0.1) is 0 Å². The number of amidine groups is 1. The first-order valence-corrected chi connectivity index (χ1v) is 9.43. The average molecular weight is 384 g/mol. The Kier molecular flexibility index (Phi) is 3.98. The zero-order valence-electron chi connectivity index (χ0n) is 16.1. The number of para-hydroxylation sites is 1. The minimum Gasteiger partial charge on any atom is -0.497 e. The first kappa shape index (κ1) is 17.3. The molecule has 0 saturated heterocycles. The van der Waals surface area contributed by atoms with Gasteiger partial charge in [0.1, 0.15) is 5.75 Å². The highest BCUT2D eigenvalue weighted by molar-refractivity contribution is 6.01. The SMILES string of the molecule is COc1ccc(C2=CN3NC(c4[nH]c5ccccc5c(=O)c4C)=NC3C=C2)cc1. The Morgan fingerprint density at radius 3 is 2.69 bits per heavy atom. The minimum atomic E-state index is -0.152. The maximum absolute atomic E-state index is 12.8. The molecule has 2 aromatic carbocycles. The van der Waals surface area contributed by atoms with Gasteiger partial charge in [0.05, 0.1) is 12.8 Å². The molecule has 0 radical (unpaired) electrons. The summed E-state index contributed by atoms with van der Waals surface area (Å²) in [5.41, 5.74) is 7.67. The van der Waals surface area contributed by atoms with E-state index in [0.29, 0.717) is 16.8 Å². The number of hydrogen-bond acceptors (Lipinski definition) is 5. The first-order valence-electron chi connectivity index (χ1n) is 9.43. The van der Waals surface area contributed by atoms with Gasteiger partial charge in [-0.05, 0) is 48.4 Å². The van der Waals surface area contributed by atoms with Crippen LogP contribution >= 0.6 is 0 Å². The summed E-state index contributed by atoms with van der Waals surface area (Å²) >= 11 is 0. The Morgan fingerprint density at radius 2 is 1.90 bits per heavy atom. The summed E-state index contributed by atoms with van der Waals surface area (Å²) < 4.78 is 5.23. The molecule has 6 nitrogen and oxygen atoms in total. The number of benzene rings is 2. The van der Waals surface area contributed by atoms with Gasteiger partial charge in [0.15, 0.2) is 17.4 Å². The van der Waals surface area contributed by atoms with E-state index in [9.17, 15) is 4.79 Å². The molecule has 6 heteroatoms. The van der Waals surface area contributed by atoms with Crippen LogP contribution in [0, 0.1) is 6.92 Å². The number of methoxy groups -OCH3 is 1. The van der Waals surface area contributed by atoms with Crippen LogP contribution in [0.25, 0.3) is 16.5 Å². The highest BCUT2D eigenvalue weighted by atomic mass is 16.5.